The van der Waals surface area contributed by atoms with Gasteiger partial charge in [0.05, 0.1) is 44.5 Å². The molecule has 0 bridgehead atoms. The minimum atomic E-state index is -5.37. The van der Waals surface area contributed by atoms with Gasteiger partial charge in [0.15, 0.2) is 16.6 Å². The Bertz CT molecular complexity index is 4180. The summed E-state index contributed by atoms with van der Waals surface area (Å²) >= 11 is 0. The van der Waals surface area contributed by atoms with Crippen LogP contribution in [0.25, 0.3) is 0 Å². The van der Waals surface area contributed by atoms with Crippen molar-refractivity contribution in [1.82, 2.24) is 21.3 Å². The summed E-state index contributed by atoms with van der Waals surface area (Å²) in [7, 11) is -4.91. The van der Waals surface area contributed by atoms with Crippen LogP contribution in [0.3, 0.4) is 0 Å². The molecule has 34 heteroatoms. The molecule has 8 aromatic carbocycles. The quantitative estimate of drug-likeness (QED) is 0.0420. The molecule has 0 aromatic heterocycles. The molecule has 8 nitrogen and oxygen atoms in total. The molecule has 4 saturated heterocycles. The fraction of sp³-hybridized carbons (Fsp3) is 0.415. The molecule has 4 aliphatic rings. The van der Waals surface area contributed by atoms with Crippen molar-refractivity contribution >= 4 is 16.6 Å². The minimum absolute atomic E-state index is 0.0142. The summed E-state index contributed by atoms with van der Waals surface area (Å²) in [5.74, 6) is 0. The van der Waals surface area contributed by atoms with Crippen LogP contribution < -0.4 is 21.3 Å². The van der Waals surface area contributed by atoms with E-state index < -0.39 is 167 Å². The summed E-state index contributed by atoms with van der Waals surface area (Å²) in [4.78, 5) is 0. The zero-order valence-corrected chi connectivity index (χ0v) is 65.1. The van der Waals surface area contributed by atoms with Gasteiger partial charge in [-0.15, -0.1) is 0 Å². The second-order valence-electron chi connectivity index (χ2n) is 30.7. The van der Waals surface area contributed by atoms with Crippen LogP contribution in [0.1, 0.15) is 140 Å². The Balaban J connectivity index is 0.000000183. The lowest BCUT2D eigenvalue weighted by atomic mass is 9.77. The minimum Gasteiger partial charge on any atom is -0.403 e. The van der Waals surface area contributed by atoms with Crippen molar-refractivity contribution in [3.63, 3.8) is 0 Å². The van der Waals surface area contributed by atoms with Gasteiger partial charge in [-0.1, -0.05) is 121 Å². The highest BCUT2D eigenvalue weighted by atomic mass is 28.4. The SMILES string of the molecule is C[Si](C)(C)OC(c1cc(C(F)(F)F)cc(C(F)(F)F)c1)(c1cc(C(F)(F)F)cc(C(F)(F)F)c1)C1CCCN1.C[Si](C)(C)OC(c1ccccc1)(c1ccccc1)C1CCCN1.OC(c1cc(C(F)(F)F)cc(C(F)(F)F)c1)(c1cc(C(F)(F)F)cc(C(F)(F)F)c1)C1CCCN1.OC(c1ccccc1)(c1ccccc1)C1CCCN1. The average molecular weight is 1700 g/mol. The molecule has 632 valence electrons. The van der Waals surface area contributed by atoms with Gasteiger partial charge in [0.2, 0.25) is 0 Å². The predicted octanol–water partition coefficient (Wildman–Crippen LogP) is 22.6. The molecule has 0 spiro atoms. The largest absolute Gasteiger partial charge is 0.416 e. The van der Waals surface area contributed by atoms with E-state index in [1.165, 1.54) is 37.2 Å². The van der Waals surface area contributed by atoms with Crippen molar-refractivity contribution in [1.29, 1.82) is 0 Å². The first-order valence-electron chi connectivity index (χ1n) is 36.7. The Morgan fingerprint density at radius 1 is 0.241 bits per heavy atom. The smallest absolute Gasteiger partial charge is 0.403 e. The van der Waals surface area contributed by atoms with Crippen molar-refractivity contribution in [2.45, 2.75) is 187 Å². The number of aliphatic hydroxyl groups is 2. The van der Waals surface area contributed by atoms with E-state index in [9.17, 15) is 116 Å². The maximum atomic E-state index is 13.8. The van der Waals surface area contributed by atoms with Gasteiger partial charge < -0.3 is 40.3 Å². The lowest BCUT2D eigenvalue weighted by Gasteiger charge is -2.45. The Kier molecular flexibility index (Phi) is 27.7. The first kappa shape index (κ1) is 92.1. The summed E-state index contributed by atoms with van der Waals surface area (Å²) in [5.41, 5.74) is -21.3. The van der Waals surface area contributed by atoms with Crippen molar-refractivity contribution < 1.29 is 124 Å². The van der Waals surface area contributed by atoms with Crippen LogP contribution in [-0.2, 0) is 80.7 Å². The van der Waals surface area contributed by atoms with Crippen molar-refractivity contribution in [2.24, 2.45) is 0 Å². The molecule has 6 N–H and O–H groups in total. The van der Waals surface area contributed by atoms with E-state index in [4.69, 9.17) is 8.85 Å². The number of hydrogen-bond acceptors (Lipinski definition) is 8. The molecule has 4 atom stereocenters. The molecule has 8 aromatic rings. The van der Waals surface area contributed by atoms with E-state index in [-0.39, 0.29) is 93.3 Å². The summed E-state index contributed by atoms with van der Waals surface area (Å²) in [6.07, 6.45) is -38.0. The lowest BCUT2D eigenvalue weighted by Crippen LogP contribution is -2.53. The van der Waals surface area contributed by atoms with Gasteiger partial charge in [-0.25, -0.2) is 0 Å². The molecule has 0 radical (unpaired) electrons. The summed E-state index contributed by atoms with van der Waals surface area (Å²) in [5, 5.41) is 35.4. The monoisotopic (exact) mass is 1700 g/mol. The van der Waals surface area contributed by atoms with Crippen LogP contribution in [0.15, 0.2) is 194 Å². The standard InChI is InChI=1S/C24H23F12NOSi.C21H15F12NO.C20H27NOSi.C17H19NO/c1-39(2,3)38-20(19-5-4-6-37-19,13-7-15(21(25,26)27)11-16(8-13)22(28,29)30)14-9-17(23(31,32)33)12-18(10-14)24(34,35)36;22-18(23,24)12-4-10(5-13(8-12)19(25,26)27)17(35,16-2-1-3-34-16)11-6-14(20(28,29)30)9-15(7-11)21(31,32)33;1-23(2,3)22-20(19-15-10-16-21-19,17-11-6-4-7-12-17)18-13-8-5-9-14-18;19-17(16-12-7-13-18-16,14-8-3-1-4-9-14)15-10-5-2-6-11-15/h7-12,19,37H,4-6H2,1-3H3;4-9,16,34-35H,1-3H2;4-9,11-14,19,21H,10,15-16H2,1-3H3;1-6,8-11,16,18-19H,7,12-13H2. The Hall–Kier alpha value is -7.81. The number of hydrogen-bond donors (Lipinski definition) is 6. The van der Waals surface area contributed by atoms with Crippen LogP contribution in [0.5, 0.6) is 0 Å². The average Bonchev–Trinajstić information content (AvgIpc) is 1.01. The number of benzene rings is 8. The van der Waals surface area contributed by atoms with Crippen molar-refractivity contribution in [3.05, 3.63) is 283 Å². The summed E-state index contributed by atoms with van der Waals surface area (Å²) in [6, 6.07) is 39.7. The van der Waals surface area contributed by atoms with Gasteiger partial charge in [0.25, 0.3) is 0 Å². The molecule has 0 saturated carbocycles. The van der Waals surface area contributed by atoms with E-state index in [0.29, 0.717) is 30.3 Å². The van der Waals surface area contributed by atoms with Gasteiger partial charge in [0.1, 0.15) is 22.4 Å². The van der Waals surface area contributed by atoms with Gasteiger partial charge in [-0.3, -0.25) is 0 Å². The highest BCUT2D eigenvalue weighted by molar-refractivity contribution is 6.70. The van der Waals surface area contributed by atoms with Crippen LogP contribution in [0.2, 0.25) is 39.3 Å². The zero-order valence-electron chi connectivity index (χ0n) is 63.1. The van der Waals surface area contributed by atoms with E-state index >= 15 is 0 Å². The molecule has 116 heavy (non-hydrogen) atoms. The molecule has 4 fully saturated rings. The molecular formula is C82H84F24N4O4Si2. The number of rotatable bonds is 16. The molecular weight excluding hydrogens is 1620 g/mol. The Morgan fingerprint density at radius 3 is 0.603 bits per heavy atom. The van der Waals surface area contributed by atoms with Crippen molar-refractivity contribution in [2.75, 3.05) is 26.2 Å². The van der Waals surface area contributed by atoms with Gasteiger partial charge in [-0.2, -0.15) is 105 Å². The zero-order chi connectivity index (χ0) is 85.9. The molecule has 4 aliphatic heterocycles. The fourth-order valence-corrected chi connectivity index (χ4v) is 17.9. The van der Waals surface area contributed by atoms with Gasteiger partial charge in [0, 0.05) is 24.2 Å². The Labute approximate surface area is 655 Å². The van der Waals surface area contributed by atoms with E-state index in [0.717, 1.165) is 43.5 Å². The molecule has 0 amide bonds. The van der Waals surface area contributed by atoms with Crippen LogP contribution >= 0.6 is 0 Å². The van der Waals surface area contributed by atoms with E-state index in [1.54, 1.807) is 0 Å². The first-order valence-corrected chi connectivity index (χ1v) is 43.5. The highest BCUT2D eigenvalue weighted by Crippen LogP contribution is 2.52. The van der Waals surface area contributed by atoms with Gasteiger partial charge >= 0.3 is 49.4 Å². The molecule has 4 unspecified atom stereocenters. The Morgan fingerprint density at radius 2 is 0.414 bits per heavy atom. The highest BCUT2D eigenvalue weighted by Gasteiger charge is 2.54. The molecule has 0 aliphatic carbocycles. The second-order valence-corrected chi connectivity index (χ2v) is 39.5. The van der Waals surface area contributed by atoms with Crippen LogP contribution in [0, 0.1) is 0 Å². The lowest BCUT2D eigenvalue weighted by molar-refractivity contribution is -0.145. The molecule has 4 heterocycles. The third-order valence-corrected chi connectivity index (χ3v) is 22.0. The number of halogens is 24. The normalized spacial score (nSPS) is 18.6. The van der Waals surface area contributed by atoms with E-state index in [1.807, 2.05) is 60.7 Å². The second kappa shape index (κ2) is 34.9. The first-order chi connectivity index (χ1) is 53.5. The van der Waals surface area contributed by atoms with Crippen molar-refractivity contribution in [3.8, 4) is 0 Å². The number of alkyl halides is 24. The van der Waals surface area contributed by atoms with Gasteiger partial charge in [-0.05, 0) is 234 Å². The summed E-state index contributed by atoms with van der Waals surface area (Å²) < 4.78 is 339. The third kappa shape index (κ3) is 21.8. The fourth-order valence-electron chi connectivity index (χ4n) is 15.2. The third-order valence-electron chi connectivity index (χ3n) is 20.1. The number of nitrogens with one attached hydrogen (secondary N) is 4. The van der Waals surface area contributed by atoms with Crippen LogP contribution in [-0.4, -0.2) is 77.2 Å². The maximum absolute atomic E-state index is 13.8. The topological polar surface area (TPSA) is 107 Å². The predicted molar refractivity (Wildman–Crippen MR) is 392 cm³/mol. The molecule has 12 rings (SSSR count). The summed E-state index contributed by atoms with van der Waals surface area (Å²) in [6.45, 7) is 13.5. The maximum Gasteiger partial charge on any atom is 0.416 e. The van der Waals surface area contributed by atoms with Crippen LogP contribution in [0.4, 0.5) is 105 Å². The van der Waals surface area contributed by atoms with E-state index in [2.05, 4.69) is 102 Å².